The highest BCUT2D eigenvalue weighted by Crippen LogP contribution is 2.23. The number of carbonyl (C=O) groups excluding carboxylic acids is 2. The summed E-state index contributed by atoms with van der Waals surface area (Å²) in [5.74, 6) is 0.195. The van der Waals surface area contributed by atoms with Crippen molar-refractivity contribution in [3.05, 3.63) is 75.8 Å². The lowest BCUT2D eigenvalue weighted by Gasteiger charge is -2.21. The molecular weight excluding hydrogens is 392 g/mol. The summed E-state index contributed by atoms with van der Waals surface area (Å²) in [4.78, 5) is 37.0. The summed E-state index contributed by atoms with van der Waals surface area (Å²) in [6.07, 6.45) is 2.81. The fraction of sp³-hybridized carbons (Fsp3) is 0.150. The first-order valence-corrected chi connectivity index (χ1v) is 9.75. The molecule has 29 heavy (non-hydrogen) atoms. The highest BCUT2D eigenvalue weighted by atomic mass is 32.2. The monoisotopic (exact) mass is 408 g/mol. The summed E-state index contributed by atoms with van der Waals surface area (Å²) in [7, 11) is 0. The van der Waals surface area contributed by atoms with Crippen molar-refractivity contribution in [3.63, 3.8) is 0 Å². The third-order valence-corrected chi connectivity index (χ3v) is 5.26. The van der Waals surface area contributed by atoms with Crippen LogP contribution in [0.25, 0.3) is 6.08 Å². The second-order valence-electron chi connectivity index (χ2n) is 6.19. The van der Waals surface area contributed by atoms with Gasteiger partial charge in [0.2, 0.25) is 11.8 Å². The summed E-state index contributed by atoms with van der Waals surface area (Å²) in [5.41, 5.74) is 1.50. The number of carbonyl (C=O) groups is 2. The van der Waals surface area contributed by atoms with Crippen LogP contribution in [0.1, 0.15) is 11.1 Å². The number of anilines is 1. The summed E-state index contributed by atoms with van der Waals surface area (Å²) < 4.78 is 0. The standard InChI is InChI=1S/C20H16N4O4S/c21-11-15-4-7-16(8-5-15)22-20(26)18-12-29-13-23(18)19(25)9-6-14-2-1-3-17(10-14)24(27)28/h1-10,18H,12-13H2,(H,22,26)/b9-6+. The Balaban J connectivity index is 1.66. The number of thioether (sulfide) groups is 1. The van der Waals surface area contributed by atoms with Crippen molar-refractivity contribution in [2.24, 2.45) is 0 Å². The molecule has 146 valence electrons. The molecule has 1 saturated heterocycles. The molecular formula is C20H16N4O4S. The lowest BCUT2D eigenvalue weighted by molar-refractivity contribution is -0.384. The van der Waals surface area contributed by atoms with Crippen LogP contribution in [-0.2, 0) is 9.59 Å². The van der Waals surface area contributed by atoms with Crippen molar-refractivity contribution in [3.8, 4) is 6.07 Å². The number of amides is 2. The quantitative estimate of drug-likeness (QED) is 0.462. The van der Waals surface area contributed by atoms with Gasteiger partial charge in [-0.2, -0.15) is 5.26 Å². The van der Waals surface area contributed by atoms with E-state index in [-0.39, 0.29) is 17.5 Å². The van der Waals surface area contributed by atoms with E-state index in [0.717, 1.165) is 0 Å². The third-order valence-electron chi connectivity index (χ3n) is 4.25. The van der Waals surface area contributed by atoms with Crippen LogP contribution in [0.2, 0.25) is 0 Å². The highest BCUT2D eigenvalue weighted by Gasteiger charge is 2.33. The van der Waals surface area contributed by atoms with Gasteiger partial charge in [-0.1, -0.05) is 12.1 Å². The molecule has 0 bridgehead atoms. The number of rotatable bonds is 5. The van der Waals surface area contributed by atoms with Gasteiger partial charge in [-0.05, 0) is 35.9 Å². The smallest absolute Gasteiger partial charge is 0.270 e. The molecule has 2 aromatic rings. The summed E-state index contributed by atoms with van der Waals surface area (Å²) in [6, 6.07) is 13.8. The average Bonchev–Trinajstić information content (AvgIpc) is 3.23. The molecule has 0 radical (unpaired) electrons. The van der Waals surface area contributed by atoms with Crippen molar-refractivity contribution in [1.82, 2.24) is 4.90 Å². The molecule has 1 fully saturated rings. The minimum Gasteiger partial charge on any atom is -0.324 e. The van der Waals surface area contributed by atoms with Crippen molar-refractivity contribution in [2.75, 3.05) is 16.9 Å². The maximum atomic E-state index is 12.6. The van der Waals surface area contributed by atoms with Crippen LogP contribution in [0.4, 0.5) is 11.4 Å². The molecule has 0 aromatic heterocycles. The molecule has 0 saturated carbocycles. The Bertz CT molecular complexity index is 1010. The van der Waals surface area contributed by atoms with Gasteiger partial charge < -0.3 is 10.2 Å². The van der Waals surface area contributed by atoms with E-state index in [1.54, 1.807) is 36.4 Å². The molecule has 8 nitrogen and oxygen atoms in total. The molecule has 1 atom stereocenters. The van der Waals surface area contributed by atoms with Gasteiger partial charge in [0.05, 0.1) is 22.4 Å². The first-order chi connectivity index (χ1) is 14.0. The largest absolute Gasteiger partial charge is 0.324 e. The Kier molecular flexibility index (Phi) is 6.26. The maximum Gasteiger partial charge on any atom is 0.270 e. The van der Waals surface area contributed by atoms with Gasteiger partial charge in [0.25, 0.3) is 5.69 Å². The van der Waals surface area contributed by atoms with Crippen LogP contribution in [0.3, 0.4) is 0 Å². The maximum absolute atomic E-state index is 12.6. The van der Waals surface area contributed by atoms with Gasteiger partial charge >= 0.3 is 0 Å². The number of hydrogen-bond acceptors (Lipinski definition) is 6. The minimum absolute atomic E-state index is 0.0593. The van der Waals surface area contributed by atoms with Gasteiger partial charge in [-0.25, -0.2) is 0 Å². The van der Waals surface area contributed by atoms with E-state index in [4.69, 9.17) is 5.26 Å². The zero-order valence-corrected chi connectivity index (χ0v) is 16.0. The fourth-order valence-electron chi connectivity index (χ4n) is 2.74. The van der Waals surface area contributed by atoms with E-state index >= 15 is 0 Å². The topological polar surface area (TPSA) is 116 Å². The highest BCUT2D eigenvalue weighted by molar-refractivity contribution is 7.99. The SMILES string of the molecule is N#Cc1ccc(NC(=O)C2CSCN2C(=O)/C=C/c2cccc([N+](=O)[O-])c2)cc1. The molecule has 2 amide bonds. The predicted octanol–water partition coefficient (Wildman–Crippen LogP) is 3.02. The Labute approximate surface area is 171 Å². The van der Waals surface area contributed by atoms with E-state index in [1.807, 2.05) is 6.07 Å². The zero-order chi connectivity index (χ0) is 20.8. The molecule has 3 rings (SSSR count). The van der Waals surface area contributed by atoms with Crippen LogP contribution in [-0.4, -0.2) is 39.3 Å². The summed E-state index contributed by atoms with van der Waals surface area (Å²) in [6.45, 7) is 0. The molecule has 0 aliphatic carbocycles. The van der Waals surface area contributed by atoms with Gasteiger partial charge in [-0.15, -0.1) is 11.8 Å². The van der Waals surface area contributed by atoms with Crippen LogP contribution in [0.15, 0.2) is 54.6 Å². The van der Waals surface area contributed by atoms with Gasteiger partial charge in [0.1, 0.15) is 6.04 Å². The third kappa shape index (κ3) is 5.00. The second kappa shape index (κ2) is 9.03. The van der Waals surface area contributed by atoms with E-state index in [0.29, 0.717) is 28.4 Å². The number of nitro benzene ring substituents is 1. The molecule has 1 aliphatic heterocycles. The first kappa shape index (κ1) is 20.1. The average molecular weight is 408 g/mol. The number of nitrogens with zero attached hydrogens (tertiary/aromatic N) is 3. The fourth-order valence-corrected chi connectivity index (χ4v) is 3.90. The first-order valence-electron chi connectivity index (χ1n) is 8.60. The Morgan fingerprint density at radius 2 is 2.03 bits per heavy atom. The van der Waals surface area contributed by atoms with Crippen molar-refractivity contribution >= 4 is 41.0 Å². The molecule has 1 aliphatic rings. The van der Waals surface area contributed by atoms with E-state index in [1.165, 1.54) is 40.9 Å². The van der Waals surface area contributed by atoms with Crippen molar-refractivity contribution < 1.29 is 14.5 Å². The van der Waals surface area contributed by atoms with Crippen molar-refractivity contribution in [1.29, 1.82) is 5.26 Å². The lowest BCUT2D eigenvalue weighted by atomic mass is 10.2. The van der Waals surface area contributed by atoms with Crippen LogP contribution >= 0.6 is 11.8 Å². The predicted molar refractivity (Wildman–Crippen MR) is 110 cm³/mol. The Hall–Kier alpha value is -3.64. The van der Waals surface area contributed by atoms with Gasteiger partial charge in [0, 0.05) is 29.6 Å². The van der Waals surface area contributed by atoms with Crippen LogP contribution in [0.5, 0.6) is 0 Å². The molecule has 0 spiro atoms. The van der Waals surface area contributed by atoms with E-state index in [2.05, 4.69) is 5.32 Å². The van der Waals surface area contributed by atoms with Crippen LogP contribution in [0, 0.1) is 21.4 Å². The van der Waals surface area contributed by atoms with Crippen molar-refractivity contribution in [2.45, 2.75) is 6.04 Å². The molecule has 1 N–H and O–H groups in total. The van der Waals surface area contributed by atoms with Crippen LogP contribution < -0.4 is 5.32 Å². The van der Waals surface area contributed by atoms with E-state index in [9.17, 15) is 19.7 Å². The Morgan fingerprint density at radius 3 is 2.72 bits per heavy atom. The van der Waals surface area contributed by atoms with E-state index < -0.39 is 11.0 Å². The number of nitriles is 1. The zero-order valence-electron chi connectivity index (χ0n) is 15.1. The molecule has 1 heterocycles. The van der Waals surface area contributed by atoms with Gasteiger partial charge in [0.15, 0.2) is 0 Å². The second-order valence-corrected chi connectivity index (χ2v) is 7.19. The summed E-state index contributed by atoms with van der Waals surface area (Å²) >= 11 is 1.47. The lowest BCUT2D eigenvalue weighted by Crippen LogP contribution is -2.43. The summed E-state index contributed by atoms with van der Waals surface area (Å²) in [5, 5.41) is 22.4. The molecule has 9 heteroatoms. The number of benzene rings is 2. The minimum atomic E-state index is -0.627. The number of hydrogen-bond donors (Lipinski definition) is 1. The Morgan fingerprint density at radius 1 is 1.28 bits per heavy atom. The normalized spacial score (nSPS) is 15.8. The number of nitrogens with one attached hydrogen (secondary N) is 1. The number of nitro groups is 1. The van der Waals surface area contributed by atoms with Gasteiger partial charge in [-0.3, -0.25) is 19.7 Å². The number of non-ortho nitro benzene ring substituents is 1. The molecule has 1 unspecified atom stereocenters. The molecule has 2 aromatic carbocycles.